The van der Waals surface area contributed by atoms with E-state index >= 15 is 0 Å². The molecule has 3 amide bonds. The van der Waals surface area contributed by atoms with Gasteiger partial charge < -0.3 is 25.3 Å². The highest BCUT2D eigenvalue weighted by Gasteiger charge is 2.30. The molecule has 11 heteroatoms. The molecule has 38 heavy (non-hydrogen) atoms. The summed E-state index contributed by atoms with van der Waals surface area (Å²) in [5.41, 5.74) is 3.13. The second kappa shape index (κ2) is 10.7. The van der Waals surface area contributed by atoms with Gasteiger partial charge in [0.15, 0.2) is 0 Å². The third-order valence-electron chi connectivity index (χ3n) is 5.69. The number of anilines is 3. The standard InChI is InChI=1S/C27H26N6O5/c1-5-25(36)31-24-10-18(26-28-8-9-38-26)6-7-23(24)30-17(3)29-14-19-15-33(27(37)32(4)16(19)2)20-11-21(34)13-22(35)12-20/h5-14,34-35H,1-2,15H2,3-4H3,(H,29,30)(H,31,36)/b19-14-. The summed E-state index contributed by atoms with van der Waals surface area (Å²) in [5, 5.41) is 25.6. The molecule has 0 atom stereocenters. The van der Waals surface area contributed by atoms with Crippen LogP contribution in [0.5, 0.6) is 11.5 Å². The fraction of sp³-hybridized carbons (Fsp3) is 0.111. The zero-order valence-corrected chi connectivity index (χ0v) is 20.8. The van der Waals surface area contributed by atoms with Gasteiger partial charge >= 0.3 is 6.03 Å². The van der Waals surface area contributed by atoms with E-state index in [-0.39, 0.29) is 24.1 Å². The number of aromatic hydroxyl groups is 2. The lowest BCUT2D eigenvalue weighted by Crippen LogP contribution is -2.47. The van der Waals surface area contributed by atoms with Crippen LogP contribution in [0, 0.1) is 0 Å². The maximum atomic E-state index is 12.8. The normalized spacial score (nSPS) is 15.1. The Labute approximate surface area is 218 Å². The Morgan fingerprint density at radius 2 is 1.89 bits per heavy atom. The molecule has 0 spiro atoms. The number of amides is 3. The van der Waals surface area contributed by atoms with E-state index < -0.39 is 5.91 Å². The average Bonchev–Trinajstić information content (AvgIpc) is 3.42. The van der Waals surface area contributed by atoms with Crippen molar-refractivity contribution in [2.24, 2.45) is 4.99 Å². The van der Waals surface area contributed by atoms with Crippen molar-refractivity contribution in [2.45, 2.75) is 6.92 Å². The number of phenols is 2. The molecular weight excluding hydrogens is 488 g/mol. The molecule has 2 aromatic carbocycles. The lowest BCUT2D eigenvalue weighted by atomic mass is 10.1. The Bertz CT molecular complexity index is 1450. The molecule has 1 fully saturated rings. The number of nitrogens with one attached hydrogen (secondary N) is 2. The highest BCUT2D eigenvalue weighted by atomic mass is 16.3. The number of oxazole rings is 1. The molecule has 4 rings (SSSR count). The largest absolute Gasteiger partial charge is 0.508 e. The van der Waals surface area contributed by atoms with Gasteiger partial charge in [0.05, 0.1) is 29.8 Å². The van der Waals surface area contributed by atoms with Crippen LogP contribution in [-0.4, -0.2) is 51.5 Å². The summed E-state index contributed by atoms with van der Waals surface area (Å²) in [6.07, 6.45) is 5.73. The first-order chi connectivity index (χ1) is 18.2. The molecule has 2 heterocycles. The number of amidine groups is 1. The number of hydrogen-bond donors (Lipinski definition) is 4. The smallest absolute Gasteiger partial charge is 0.329 e. The second-order valence-electron chi connectivity index (χ2n) is 8.37. The Hall–Kier alpha value is -5.32. The molecule has 0 aliphatic carbocycles. The summed E-state index contributed by atoms with van der Waals surface area (Å²) in [6.45, 7) is 9.34. The maximum Gasteiger partial charge on any atom is 0.329 e. The number of nitrogens with zero attached hydrogens (tertiary/aromatic N) is 4. The van der Waals surface area contributed by atoms with Crippen LogP contribution in [0.25, 0.3) is 11.5 Å². The van der Waals surface area contributed by atoms with E-state index in [2.05, 4.69) is 33.8 Å². The lowest BCUT2D eigenvalue weighted by Gasteiger charge is -2.36. The van der Waals surface area contributed by atoms with Crippen molar-refractivity contribution >= 4 is 34.8 Å². The first-order valence-corrected chi connectivity index (χ1v) is 11.4. The summed E-state index contributed by atoms with van der Waals surface area (Å²) < 4.78 is 5.35. The summed E-state index contributed by atoms with van der Waals surface area (Å²) in [5.74, 6) is 0.163. The van der Waals surface area contributed by atoms with E-state index in [1.807, 2.05) is 0 Å². The van der Waals surface area contributed by atoms with Crippen LogP contribution in [0.1, 0.15) is 6.92 Å². The van der Waals surface area contributed by atoms with E-state index in [0.717, 1.165) is 6.08 Å². The molecular formula is C27H26N6O5. The number of hydrogen-bond acceptors (Lipinski definition) is 7. The predicted octanol–water partition coefficient (Wildman–Crippen LogP) is 4.68. The molecule has 1 saturated heterocycles. The zero-order chi connectivity index (χ0) is 27.4. The summed E-state index contributed by atoms with van der Waals surface area (Å²) in [6, 6.07) is 8.84. The molecule has 1 aliphatic rings. The highest BCUT2D eigenvalue weighted by Crippen LogP contribution is 2.32. The number of urea groups is 1. The molecule has 11 nitrogen and oxygen atoms in total. The van der Waals surface area contributed by atoms with Crippen molar-refractivity contribution < 1.29 is 24.2 Å². The lowest BCUT2D eigenvalue weighted by molar-refractivity contribution is -0.111. The van der Waals surface area contributed by atoms with Crippen LogP contribution in [-0.2, 0) is 4.79 Å². The van der Waals surface area contributed by atoms with Crippen LogP contribution in [0.4, 0.5) is 21.9 Å². The Morgan fingerprint density at radius 1 is 1.16 bits per heavy atom. The van der Waals surface area contributed by atoms with Crippen LogP contribution < -0.4 is 15.5 Å². The average molecular weight is 515 g/mol. The van der Waals surface area contributed by atoms with Crippen LogP contribution in [0.15, 0.2) is 95.0 Å². The van der Waals surface area contributed by atoms with Gasteiger partial charge in [-0.05, 0) is 31.2 Å². The minimum atomic E-state index is -0.390. The number of benzene rings is 2. The molecule has 3 aromatic rings. The van der Waals surface area contributed by atoms with Gasteiger partial charge in [-0.25, -0.2) is 14.8 Å². The predicted molar refractivity (Wildman–Crippen MR) is 145 cm³/mol. The molecule has 0 saturated carbocycles. The maximum absolute atomic E-state index is 12.8. The summed E-state index contributed by atoms with van der Waals surface area (Å²) in [7, 11) is 1.58. The van der Waals surface area contributed by atoms with Gasteiger partial charge in [0.2, 0.25) is 11.8 Å². The van der Waals surface area contributed by atoms with Gasteiger partial charge in [-0.2, -0.15) is 0 Å². The van der Waals surface area contributed by atoms with Crippen molar-refractivity contribution in [2.75, 3.05) is 29.1 Å². The monoisotopic (exact) mass is 514 g/mol. The molecule has 0 bridgehead atoms. The van der Waals surface area contributed by atoms with Gasteiger partial charge in [0, 0.05) is 48.3 Å². The topological polar surface area (TPSA) is 144 Å². The molecule has 1 aromatic heterocycles. The van der Waals surface area contributed by atoms with Crippen molar-refractivity contribution in [3.05, 3.63) is 85.6 Å². The van der Waals surface area contributed by atoms with E-state index in [1.165, 1.54) is 40.5 Å². The molecule has 4 N–H and O–H groups in total. The first kappa shape index (κ1) is 25.8. The quantitative estimate of drug-likeness (QED) is 0.212. The second-order valence-corrected chi connectivity index (χ2v) is 8.37. The first-order valence-electron chi connectivity index (χ1n) is 11.4. The van der Waals surface area contributed by atoms with Crippen LogP contribution in [0.2, 0.25) is 0 Å². The van der Waals surface area contributed by atoms with E-state index in [9.17, 15) is 19.8 Å². The van der Waals surface area contributed by atoms with Crippen molar-refractivity contribution in [1.29, 1.82) is 0 Å². The number of aliphatic imine (C=N–C) groups is 1. The fourth-order valence-corrected chi connectivity index (χ4v) is 3.73. The van der Waals surface area contributed by atoms with Crippen molar-refractivity contribution in [1.82, 2.24) is 9.88 Å². The molecule has 1 aliphatic heterocycles. The van der Waals surface area contributed by atoms with E-state index in [0.29, 0.717) is 45.6 Å². The molecule has 194 valence electrons. The SMILES string of the molecule is C=CC(=O)Nc1cc(-c2ncco2)ccc1NC(C)=N/C=C1/CN(c2cc(O)cc(O)c2)C(=O)N(C)C1=C. The number of phenolic OH excluding ortho intramolecular Hbond substituents is 2. The highest BCUT2D eigenvalue weighted by molar-refractivity contribution is 6.05. The van der Waals surface area contributed by atoms with Gasteiger partial charge in [-0.3, -0.25) is 14.6 Å². The van der Waals surface area contributed by atoms with Gasteiger partial charge in [-0.1, -0.05) is 13.2 Å². The molecule has 0 radical (unpaired) electrons. The van der Waals surface area contributed by atoms with Gasteiger partial charge in [0.25, 0.3) is 0 Å². The fourth-order valence-electron chi connectivity index (χ4n) is 3.73. The zero-order valence-electron chi connectivity index (χ0n) is 20.8. The Kier molecular flexibility index (Phi) is 7.28. The van der Waals surface area contributed by atoms with Crippen LogP contribution >= 0.6 is 0 Å². The summed E-state index contributed by atoms with van der Waals surface area (Å²) >= 11 is 0. The number of carbonyl (C=O) groups excluding carboxylic acids is 2. The minimum absolute atomic E-state index is 0.118. The number of rotatable bonds is 6. The van der Waals surface area contributed by atoms with Crippen molar-refractivity contribution in [3.8, 4) is 23.0 Å². The minimum Gasteiger partial charge on any atom is -0.508 e. The van der Waals surface area contributed by atoms with E-state index in [1.54, 1.807) is 38.4 Å². The van der Waals surface area contributed by atoms with Crippen LogP contribution in [0.3, 0.4) is 0 Å². The van der Waals surface area contributed by atoms with Gasteiger partial charge in [-0.15, -0.1) is 0 Å². The summed E-state index contributed by atoms with van der Waals surface area (Å²) in [4.78, 5) is 36.2. The number of likely N-dealkylation sites (N-methyl/N-ethyl adjacent to an activating group) is 1. The molecule has 0 unspecified atom stereocenters. The van der Waals surface area contributed by atoms with Gasteiger partial charge in [0.1, 0.15) is 23.6 Å². The Balaban J connectivity index is 1.60. The van der Waals surface area contributed by atoms with Crippen molar-refractivity contribution in [3.63, 3.8) is 0 Å². The third kappa shape index (κ3) is 5.57. The van der Waals surface area contributed by atoms with E-state index in [4.69, 9.17) is 4.42 Å². The third-order valence-corrected chi connectivity index (χ3v) is 5.69. The Morgan fingerprint density at radius 3 is 2.55 bits per heavy atom. The number of carbonyl (C=O) groups is 2. The number of aromatic nitrogens is 1.